The van der Waals surface area contributed by atoms with Gasteiger partial charge in [0.1, 0.15) is 9.84 Å². The van der Waals surface area contributed by atoms with Gasteiger partial charge in [-0.15, -0.1) is 0 Å². The largest absolute Gasteiger partial charge is 0.382 e. The quantitative estimate of drug-likeness (QED) is 0.847. The van der Waals surface area contributed by atoms with E-state index in [2.05, 4.69) is 5.32 Å². The van der Waals surface area contributed by atoms with Gasteiger partial charge >= 0.3 is 0 Å². The van der Waals surface area contributed by atoms with Gasteiger partial charge in [-0.3, -0.25) is 4.79 Å². The highest BCUT2D eigenvalue weighted by molar-refractivity contribution is 7.91. The summed E-state index contributed by atoms with van der Waals surface area (Å²) in [6, 6.07) is 7.07. The Morgan fingerprint density at radius 1 is 1.28 bits per heavy atom. The molecule has 2 rings (SSSR count). The van der Waals surface area contributed by atoms with Crippen molar-refractivity contribution in [2.75, 3.05) is 16.8 Å². The third-order valence-electron chi connectivity index (χ3n) is 3.07. The van der Waals surface area contributed by atoms with E-state index in [1.807, 2.05) is 6.07 Å². The van der Waals surface area contributed by atoms with Gasteiger partial charge in [0.05, 0.1) is 11.5 Å². The molecular weight excluding hydrogens is 252 g/mol. The normalized spacial score (nSPS) is 19.3. The number of carbonyl (C=O) groups excluding carboxylic acids is 1. The molecule has 1 fully saturated rings. The van der Waals surface area contributed by atoms with Crippen LogP contribution in [-0.4, -0.2) is 31.9 Å². The van der Waals surface area contributed by atoms with E-state index in [1.165, 1.54) is 0 Å². The van der Waals surface area contributed by atoms with Crippen LogP contribution in [-0.2, 0) is 9.84 Å². The molecule has 1 amide bonds. The van der Waals surface area contributed by atoms with E-state index in [9.17, 15) is 13.2 Å². The zero-order valence-corrected chi connectivity index (χ0v) is 10.7. The van der Waals surface area contributed by atoms with Crippen molar-refractivity contribution in [3.63, 3.8) is 0 Å². The molecule has 0 radical (unpaired) electrons. The monoisotopic (exact) mass is 268 g/mol. The molecule has 1 aliphatic heterocycles. The summed E-state index contributed by atoms with van der Waals surface area (Å²) < 4.78 is 22.6. The number of anilines is 1. The van der Waals surface area contributed by atoms with Gasteiger partial charge in [0, 0.05) is 17.3 Å². The topological polar surface area (TPSA) is 89.3 Å². The smallest absolute Gasteiger partial charge is 0.248 e. The maximum Gasteiger partial charge on any atom is 0.248 e. The number of hydrogen-bond acceptors (Lipinski definition) is 4. The molecule has 0 unspecified atom stereocenters. The zero-order valence-electron chi connectivity index (χ0n) is 9.93. The average Bonchev–Trinajstić information content (AvgIpc) is 2.32. The van der Waals surface area contributed by atoms with Crippen LogP contribution < -0.4 is 11.1 Å². The Morgan fingerprint density at radius 2 is 1.94 bits per heavy atom. The molecule has 0 bridgehead atoms. The predicted molar refractivity (Wildman–Crippen MR) is 70.3 cm³/mol. The second-order valence-electron chi connectivity index (χ2n) is 4.52. The summed E-state index contributed by atoms with van der Waals surface area (Å²) in [4.78, 5) is 11.0. The predicted octanol–water partition coefficient (Wildman–Crippen LogP) is 0.775. The van der Waals surface area contributed by atoms with Crippen LogP contribution in [0.1, 0.15) is 23.2 Å². The lowest BCUT2D eigenvalue weighted by atomic mass is 10.1. The van der Waals surface area contributed by atoms with Gasteiger partial charge in [-0.1, -0.05) is 6.07 Å². The number of hydrogen-bond donors (Lipinski definition) is 2. The number of nitrogens with one attached hydrogen (secondary N) is 1. The van der Waals surface area contributed by atoms with Gasteiger partial charge in [-0.05, 0) is 31.0 Å². The molecule has 0 aromatic heterocycles. The minimum absolute atomic E-state index is 0.136. The van der Waals surface area contributed by atoms with Crippen LogP contribution in [0.25, 0.3) is 0 Å². The van der Waals surface area contributed by atoms with E-state index in [-0.39, 0.29) is 17.5 Å². The first-order chi connectivity index (χ1) is 8.46. The van der Waals surface area contributed by atoms with E-state index in [0.29, 0.717) is 18.4 Å². The number of primary amides is 1. The molecule has 6 heteroatoms. The number of carbonyl (C=O) groups is 1. The highest BCUT2D eigenvalue weighted by Crippen LogP contribution is 2.18. The summed E-state index contributed by atoms with van der Waals surface area (Å²) in [5, 5.41) is 3.24. The summed E-state index contributed by atoms with van der Waals surface area (Å²) in [5.74, 6) is -0.0229. The van der Waals surface area contributed by atoms with Crippen molar-refractivity contribution in [2.45, 2.75) is 18.9 Å². The fourth-order valence-corrected chi connectivity index (χ4v) is 3.52. The third kappa shape index (κ3) is 3.22. The molecule has 5 nitrogen and oxygen atoms in total. The molecule has 3 N–H and O–H groups in total. The SMILES string of the molecule is NC(=O)c1cccc(NC2CCS(=O)(=O)CC2)c1. The molecule has 0 aliphatic carbocycles. The van der Waals surface area contributed by atoms with E-state index in [1.54, 1.807) is 18.2 Å². The van der Waals surface area contributed by atoms with Crippen LogP contribution >= 0.6 is 0 Å². The molecule has 1 aromatic rings. The van der Waals surface area contributed by atoms with Crippen LogP contribution in [0.15, 0.2) is 24.3 Å². The van der Waals surface area contributed by atoms with Crippen molar-refractivity contribution in [3.8, 4) is 0 Å². The highest BCUT2D eigenvalue weighted by atomic mass is 32.2. The Labute approximate surface area is 106 Å². The lowest BCUT2D eigenvalue weighted by molar-refractivity contribution is 0.100. The third-order valence-corrected chi connectivity index (χ3v) is 4.79. The second-order valence-corrected chi connectivity index (χ2v) is 6.82. The van der Waals surface area contributed by atoms with Crippen LogP contribution in [0, 0.1) is 0 Å². The van der Waals surface area contributed by atoms with E-state index in [0.717, 1.165) is 5.69 Å². The Kier molecular flexibility index (Phi) is 3.56. The van der Waals surface area contributed by atoms with Crippen molar-refractivity contribution >= 4 is 21.4 Å². The van der Waals surface area contributed by atoms with E-state index >= 15 is 0 Å². The van der Waals surface area contributed by atoms with Gasteiger partial charge in [-0.25, -0.2) is 8.42 Å². The summed E-state index contributed by atoms with van der Waals surface area (Å²) in [7, 11) is -2.84. The van der Waals surface area contributed by atoms with Gasteiger partial charge in [0.15, 0.2) is 0 Å². The van der Waals surface area contributed by atoms with Crippen LogP contribution in [0.2, 0.25) is 0 Å². The first-order valence-corrected chi connectivity index (χ1v) is 7.65. The maximum atomic E-state index is 11.3. The standard InChI is InChI=1S/C12H16N2O3S/c13-12(15)9-2-1-3-11(8-9)14-10-4-6-18(16,17)7-5-10/h1-3,8,10,14H,4-7H2,(H2,13,15). The number of amides is 1. The molecule has 1 heterocycles. The van der Waals surface area contributed by atoms with Crippen molar-refractivity contribution in [1.29, 1.82) is 0 Å². The first kappa shape index (κ1) is 12.9. The number of rotatable bonds is 3. The summed E-state index contributed by atoms with van der Waals surface area (Å²) in [6.45, 7) is 0. The molecule has 1 aromatic carbocycles. The Morgan fingerprint density at radius 3 is 2.56 bits per heavy atom. The van der Waals surface area contributed by atoms with Gasteiger partial charge in [0.25, 0.3) is 0 Å². The molecule has 0 atom stereocenters. The summed E-state index contributed by atoms with van der Waals surface area (Å²) >= 11 is 0. The fraction of sp³-hybridized carbons (Fsp3) is 0.417. The maximum absolute atomic E-state index is 11.3. The molecular formula is C12H16N2O3S. The Bertz CT molecular complexity index is 540. The number of sulfone groups is 1. The van der Waals surface area contributed by atoms with Crippen molar-refractivity contribution in [3.05, 3.63) is 29.8 Å². The Hall–Kier alpha value is -1.56. The molecule has 0 spiro atoms. The fourth-order valence-electron chi connectivity index (χ4n) is 2.03. The molecule has 0 saturated carbocycles. The average molecular weight is 268 g/mol. The Balaban J connectivity index is 2.02. The molecule has 1 saturated heterocycles. The van der Waals surface area contributed by atoms with Gasteiger partial charge < -0.3 is 11.1 Å². The van der Waals surface area contributed by atoms with Crippen LogP contribution in [0.4, 0.5) is 5.69 Å². The van der Waals surface area contributed by atoms with Gasteiger partial charge in [0.2, 0.25) is 5.91 Å². The van der Waals surface area contributed by atoms with E-state index < -0.39 is 15.7 Å². The lowest BCUT2D eigenvalue weighted by Gasteiger charge is -2.24. The van der Waals surface area contributed by atoms with Gasteiger partial charge in [-0.2, -0.15) is 0 Å². The molecule has 98 valence electrons. The summed E-state index contributed by atoms with van der Waals surface area (Å²) in [5.41, 5.74) is 6.45. The minimum Gasteiger partial charge on any atom is -0.382 e. The van der Waals surface area contributed by atoms with E-state index in [4.69, 9.17) is 5.73 Å². The first-order valence-electron chi connectivity index (χ1n) is 5.83. The van der Waals surface area contributed by atoms with Crippen molar-refractivity contribution < 1.29 is 13.2 Å². The molecule has 1 aliphatic rings. The lowest BCUT2D eigenvalue weighted by Crippen LogP contribution is -2.32. The minimum atomic E-state index is -2.84. The van der Waals surface area contributed by atoms with Crippen molar-refractivity contribution in [1.82, 2.24) is 0 Å². The van der Waals surface area contributed by atoms with Crippen LogP contribution in [0.5, 0.6) is 0 Å². The number of nitrogens with two attached hydrogens (primary N) is 1. The zero-order chi connectivity index (χ0) is 13.2. The summed E-state index contributed by atoms with van der Waals surface area (Å²) in [6.07, 6.45) is 1.20. The van der Waals surface area contributed by atoms with Crippen molar-refractivity contribution in [2.24, 2.45) is 5.73 Å². The second kappa shape index (κ2) is 4.97. The van der Waals surface area contributed by atoms with Crippen LogP contribution in [0.3, 0.4) is 0 Å². The molecule has 18 heavy (non-hydrogen) atoms. The number of benzene rings is 1. The highest BCUT2D eigenvalue weighted by Gasteiger charge is 2.23.